The summed E-state index contributed by atoms with van der Waals surface area (Å²) in [6.45, 7) is 1.97. The lowest BCUT2D eigenvalue weighted by atomic mass is 10.1. The largest absolute Gasteiger partial charge is 0.366 e. The van der Waals surface area contributed by atoms with Crippen LogP contribution in [0.3, 0.4) is 0 Å². The topological polar surface area (TPSA) is 46.3 Å². The van der Waals surface area contributed by atoms with Crippen LogP contribution in [0.1, 0.15) is 15.9 Å². The van der Waals surface area contributed by atoms with Crippen molar-refractivity contribution in [1.29, 1.82) is 0 Å². The van der Waals surface area contributed by atoms with Gasteiger partial charge in [0.25, 0.3) is 5.91 Å². The molecule has 2 N–H and O–H groups in total. The van der Waals surface area contributed by atoms with Gasteiger partial charge in [-0.05, 0) is 30.7 Å². The standard InChI is InChI=1S/C15H16N2O/c1-11-7-6-10-13(15(16)18)14(11)17(2)12-8-4-3-5-9-12/h3-10H,1-2H3,(H2,16,18). The predicted octanol–water partition coefficient (Wildman–Crippen LogP) is 2.86. The zero-order valence-electron chi connectivity index (χ0n) is 10.6. The molecule has 2 aromatic rings. The summed E-state index contributed by atoms with van der Waals surface area (Å²) in [6.07, 6.45) is 0. The third-order valence-electron chi connectivity index (χ3n) is 2.98. The summed E-state index contributed by atoms with van der Waals surface area (Å²) in [5.74, 6) is -0.406. The van der Waals surface area contributed by atoms with Gasteiger partial charge in [-0.3, -0.25) is 4.79 Å². The van der Waals surface area contributed by atoms with E-state index >= 15 is 0 Å². The fourth-order valence-corrected chi connectivity index (χ4v) is 2.08. The molecule has 0 spiro atoms. The number of benzene rings is 2. The number of para-hydroxylation sites is 2. The van der Waals surface area contributed by atoms with Crippen LogP contribution >= 0.6 is 0 Å². The number of rotatable bonds is 3. The Labute approximate surface area is 107 Å². The smallest absolute Gasteiger partial charge is 0.250 e. The molecule has 2 aromatic carbocycles. The highest BCUT2D eigenvalue weighted by Crippen LogP contribution is 2.29. The van der Waals surface area contributed by atoms with Gasteiger partial charge in [-0.1, -0.05) is 30.3 Å². The summed E-state index contributed by atoms with van der Waals surface area (Å²) < 4.78 is 0. The zero-order valence-corrected chi connectivity index (χ0v) is 10.6. The number of aryl methyl sites for hydroxylation is 1. The monoisotopic (exact) mass is 240 g/mol. The molecule has 3 heteroatoms. The van der Waals surface area contributed by atoms with E-state index in [0.717, 1.165) is 16.9 Å². The van der Waals surface area contributed by atoms with Gasteiger partial charge in [-0.15, -0.1) is 0 Å². The molecule has 0 saturated heterocycles. The van der Waals surface area contributed by atoms with E-state index in [4.69, 9.17) is 5.73 Å². The maximum Gasteiger partial charge on any atom is 0.250 e. The van der Waals surface area contributed by atoms with Crippen LogP contribution in [0.25, 0.3) is 0 Å². The highest BCUT2D eigenvalue weighted by molar-refractivity contribution is 6.00. The normalized spacial score (nSPS) is 10.1. The molecule has 0 heterocycles. The number of nitrogens with zero attached hydrogens (tertiary/aromatic N) is 1. The second-order valence-corrected chi connectivity index (χ2v) is 4.23. The maximum atomic E-state index is 11.5. The molecule has 18 heavy (non-hydrogen) atoms. The van der Waals surface area contributed by atoms with Crippen molar-refractivity contribution < 1.29 is 4.79 Å². The van der Waals surface area contributed by atoms with E-state index in [1.165, 1.54) is 0 Å². The van der Waals surface area contributed by atoms with Crippen molar-refractivity contribution in [2.24, 2.45) is 5.73 Å². The quantitative estimate of drug-likeness (QED) is 0.896. The molecule has 0 aliphatic carbocycles. The Morgan fingerprint density at radius 3 is 2.33 bits per heavy atom. The van der Waals surface area contributed by atoms with Crippen LogP contribution in [-0.4, -0.2) is 13.0 Å². The molecule has 0 unspecified atom stereocenters. The van der Waals surface area contributed by atoms with Gasteiger partial charge in [0.05, 0.1) is 11.3 Å². The fourth-order valence-electron chi connectivity index (χ4n) is 2.08. The van der Waals surface area contributed by atoms with E-state index in [0.29, 0.717) is 5.56 Å². The molecule has 0 aromatic heterocycles. The minimum Gasteiger partial charge on any atom is -0.366 e. The Bertz CT molecular complexity index is 564. The first-order valence-corrected chi connectivity index (χ1v) is 5.79. The predicted molar refractivity (Wildman–Crippen MR) is 74.2 cm³/mol. The first-order chi connectivity index (χ1) is 8.61. The van der Waals surface area contributed by atoms with Crippen LogP contribution in [0.15, 0.2) is 48.5 Å². The number of primary amides is 1. The maximum absolute atomic E-state index is 11.5. The Kier molecular flexibility index (Phi) is 3.33. The molecule has 0 aliphatic rings. The lowest BCUT2D eigenvalue weighted by Gasteiger charge is -2.23. The van der Waals surface area contributed by atoms with Crippen LogP contribution in [0.4, 0.5) is 11.4 Å². The van der Waals surface area contributed by atoms with Crippen molar-refractivity contribution in [2.45, 2.75) is 6.92 Å². The number of amides is 1. The lowest BCUT2D eigenvalue weighted by Crippen LogP contribution is -2.19. The highest BCUT2D eigenvalue weighted by Gasteiger charge is 2.15. The van der Waals surface area contributed by atoms with Gasteiger partial charge in [0.1, 0.15) is 0 Å². The molecule has 0 fully saturated rings. The number of hydrogen-bond acceptors (Lipinski definition) is 2. The molecule has 1 amide bonds. The second-order valence-electron chi connectivity index (χ2n) is 4.23. The number of anilines is 2. The molecule has 0 atom stereocenters. The van der Waals surface area contributed by atoms with E-state index in [1.54, 1.807) is 6.07 Å². The van der Waals surface area contributed by atoms with Gasteiger partial charge in [0.2, 0.25) is 0 Å². The van der Waals surface area contributed by atoms with Gasteiger partial charge >= 0.3 is 0 Å². The molecule has 0 aliphatic heterocycles. The molecule has 3 nitrogen and oxygen atoms in total. The van der Waals surface area contributed by atoms with E-state index in [-0.39, 0.29) is 0 Å². The zero-order chi connectivity index (χ0) is 13.1. The average molecular weight is 240 g/mol. The summed E-state index contributed by atoms with van der Waals surface area (Å²) in [5.41, 5.74) is 8.88. The molecular formula is C15H16N2O. The van der Waals surface area contributed by atoms with Crippen LogP contribution < -0.4 is 10.6 Å². The minimum atomic E-state index is -0.406. The first-order valence-electron chi connectivity index (χ1n) is 5.79. The lowest BCUT2D eigenvalue weighted by molar-refractivity contribution is 0.100. The van der Waals surface area contributed by atoms with Crippen molar-refractivity contribution in [3.8, 4) is 0 Å². The minimum absolute atomic E-state index is 0.406. The third kappa shape index (κ3) is 2.20. The van der Waals surface area contributed by atoms with E-state index in [1.807, 2.05) is 61.3 Å². The van der Waals surface area contributed by atoms with E-state index in [9.17, 15) is 4.79 Å². The first kappa shape index (κ1) is 12.2. The van der Waals surface area contributed by atoms with E-state index < -0.39 is 5.91 Å². The molecule has 0 bridgehead atoms. The van der Waals surface area contributed by atoms with Crippen LogP contribution in [0.5, 0.6) is 0 Å². The Morgan fingerprint density at radius 1 is 1.06 bits per heavy atom. The summed E-state index contributed by atoms with van der Waals surface area (Å²) in [7, 11) is 1.93. The summed E-state index contributed by atoms with van der Waals surface area (Å²) in [5, 5.41) is 0. The SMILES string of the molecule is Cc1cccc(C(N)=O)c1N(C)c1ccccc1. The van der Waals surface area contributed by atoms with Crippen LogP contribution in [-0.2, 0) is 0 Å². The number of nitrogens with two attached hydrogens (primary N) is 1. The number of hydrogen-bond donors (Lipinski definition) is 1. The van der Waals surface area contributed by atoms with Gasteiger partial charge in [-0.2, -0.15) is 0 Å². The van der Waals surface area contributed by atoms with Crippen molar-refractivity contribution >= 4 is 17.3 Å². The van der Waals surface area contributed by atoms with Crippen molar-refractivity contribution in [2.75, 3.05) is 11.9 Å². The average Bonchev–Trinajstić information content (AvgIpc) is 2.38. The highest BCUT2D eigenvalue weighted by atomic mass is 16.1. The van der Waals surface area contributed by atoms with Gasteiger partial charge in [-0.25, -0.2) is 0 Å². The van der Waals surface area contributed by atoms with Crippen LogP contribution in [0.2, 0.25) is 0 Å². The summed E-state index contributed by atoms with van der Waals surface area (Å²) in [4.78, 5) is 13.5. The van der Waals surface area contributed by atoms with Crippen molar-refractivity contribution in [3.05, 3.63) is 59.7 Å². The van der Waals surface area contributed by atoms with Gasteiger partial charge in [0.15, 0.2) is 0 Å². The fraction of sp³-hybridized carbons (Fsp3) is 0.133. The molecule has 0 saturated carbocycles. The third-order valence-corrected chi connectivity index (χ3v) is 2.98. The number of carbonyl (C=O) groups excluding carboxylic acids is 1. The second kappa shape index (κ2) is 4.92. The van der Waals surface area contributed by atoms with Gasteiger partial charge in [0, 0.05) is 12.7 Å². The molecular weight excluding hydrogens is 224 g/mol. The Morgan fingerprint density at radius 2 is 1.72 bits per heavy atom. The Hall–Kier alpha value is -2.29. The molecule has 92 valence electrons. The Balaban J connectivity index is 2.54. The summed E-state index contributed by atoms with van der Waals surface area (Å²) in [6, 6.07) is 15.5. The number of carbonyl (C=O) groups is 1. The van der Waals surface area contributed by atoms with Crippen LogP contribution in [0, 0.1) is 6.92 Å². The van der Waals surface area contributed by atoms with Gasteiger partial charge < -0.3 is 10.6 Å². The van der Waals surface area contributed by atoms with E-state index in [2.05, 4.69) is 0 Å². The van der Waals surface area contributed by atoms with Crippen molar-refractivity contribution in [1.82, 2.24) is 0 Å². The molecule has 0 radical (unpaired) electrons. The summed E-state index contributed by atoms with van der Waals surface area (Å²) >= 11 is 0. The molecule has 2 rings (SSSR count). The van der Waals surface area contributed by atoms with Crippen molar-refractivity contribution in [3.63, 3.8) is 0 Å².